The lowest BCUT2D eigenvalue weighted by Gasteiger charge is -2.09. The molecule has 9 heteroatoms. The Kier molecular flexibility index (Phi) is 4.81. The largest absolute Gasteiger partial charge is 0.360 e. The Morgan fingerprint density at radius 1 is 1.07 bits per heavy atom. The van der Waals surface area contributed by atoms with E-state index in [1.54, 1.807) is 0 Å². The Bertz CT molecular complexity index is 1110. The van der Waals surface area contributed by atoms with Gasteiger partial charge in [-0.3, -0.25) is 10.1 Å². The lowest BCUT2D eigenvalue weighted by Crippen LogP contribution is -2.08. The molecule has 0 saturated heterocycles. The number of para-hydroxylation sites is 1. The van der Waals surface area contributed by atoms with Gasteiger partial charge in [-0.15, -0.1) is 0 Å². The number of hydrogen-bond acceptors (Lipinski definition) is 8. The van der Waals surface area contributed by atoms with E-state index >= 15 is 0 Å². The predicted molar refractivity (Wildman–Crippen MR) is 110 cm³/mol. The Labute approximate surface area is 164 Å². The summed E-state index contributed by atoms with van der Waals surface area (Å²) < 4.78 is 0.986. The maximum Gasteiger partial charge on any atom is 0.353 e. The Balaban J connectivity index is 1.61. The lowest BCUT2D eigenvalue weighted by atomic mass is 10.1. The molecule has 0 amide bonds. The van der Waals surface area contributed by atoms with Crippen molar-refractivity contribution in [1.29, 1.82) is 0 Å². The van der Waals surface area contributed by atoms with Crippen LogP contribution < -0.4 is 10.6 Å². The van der Waals surface area contributed by atoms with Crippen LogP contribution >= 0.6 is 11.3 Å². The number of aryl methyl sites for hydroxylation is 1. The second kappa shape index (κ2) is 7.57. The van der Waals surface area contributed by atoms with Crippen molar-refractivity contribution in [3.05, 3.63) is 76.1 Å². The molecule has 28 heavy (non-hydrogen) atoms. The summed E-state index contributed by atoms with van der Waals surface area (Å²) in [4.78, 5) is 23.8. The first-order valence-electron chi connectivity index (χ1n) is 8.51. The Morgan fingerprint density at radius 2 is 1.82 bits per heavy atom. The SMILES string of the molecule is Cc1ccc(CNc2ncnc(Nc3nc4ccccc4s3)c2[N+](=O)[O-])cc1. The number of anilines is 3. The third kappa shape index (κ3) is 3.74. The first-order chi connectivity index (χ1) is 13.6. The van der Waals surface area contributed by atoms with Gasteiger partial charge < -0.3 is 10.6 Å². The zero-order chi connectivity index (χ0) is 19.5. The summed E-state index contributed by atoms with van der Waals surface area (Å²) in [6.07, 6.45) is 1.29. The molecule has 0 aliphatic carbocycles. The van der Waals surface area contributed by atoms with Gasteiger partial charge in [0.2, 0.25) is 11.6 Å². The van der Waals surface area contributed by atoms with Gasteiger partial charge in [0.05, 0.1) is 15.1 Å². The van der Waals surface area contributed by atoms with Crippen molar-refractivity contribution >= 4 is 44.0 Å². The topological polar surface area (TPSA) is 106 Å². The molecule has 2 N–H and O–H groups in total. The highest BCUT2D eigenvalue weighted by Gasteiger charge is 2.23. The van der Waals surface area contributed by atoms with Gasteiger partial charge in [0.15, 0.2) is 5.13 Å². The van der Waals surface area contributed by atoms with Gasteiger partial charge in [-0.25, -0.2) is 15.0 Å². The van der Waals surface area contributed by atoms with E-state index in [-0.39, 0.29) is 17.3 Å². The number of nitrogens with one attached hydrogen (secondary N) is 2. The summed E-state index contributed by atoms with van der Waals surface area (Å²) in [5.74, 6) is 0.259. The maximum atomic E-state index is 11.7. The monoisotopic (exact) mass is 392 g/mol. The average Bonchev–Trinajstić information content (AvgIpc) is 3.09. The van der Waals surface area contributed by atoms with Crippen molar-refractivity contribution in [2.24, 2.45) is 0 Å². The molecule has 0 spiro atoms. The van der Waals surface area contributed by atoms with Crippen molar-refractivity contribution in [2.75, 3.05) is 10.6 Å². The summed E-state index contributed by atoms with van der Waals surface area (Å²) in [7, 11) is 0. The molecule has 0 aliphatic heterocycles. The van der Waals surface area contributed by atoms with Crippen molar-refractivity contribution in [3.8, 4) is 0 Å². The van der Waals surface area contributed by atoms with Crippen molar-refractivity contribution in [1.82, 2.24) is 15.0 Å². The molecule has 0 saturated carbocycles. The van der Waals surface area contributed by atoms with Crippen LogP contribution in [0, 0.1) is 17.0 Å². The number of nitro groups is 1. The van der Waals surface area contributed by atoms with E-state index in [1.165, 1.54) is 17.7 Å². The summed E-state index contributed by atoms with van der Waals surface area (Å²) in [6, 6.07) is 15.6. The normalized spacial score (nSPS) is 10.8. The molecule has 0 aliphatic rings. The molecule has 0 fully saturated rings. The Morgan fingerprint density at radius 3 is 2.57 bits per heavy atom. The van der Waals surface area contributed by atoms with E-state index in [2.05, 4.69) is 25.6 Å². The van der Waals surface area contributed by atoms with Gasteiger partial charge in [0.1, 0.15) is 6.33 Å². The van der Waals surface area contributed by atoms with Crippen molar-refractivity contribution < 1.29 is 4.92 Å². The van der Waals surface area contributed by atoms with E-state index < -0.39 is 4.92 Å². The van der Waals surface area contributed by atoms with E-state index in [0.29, 0.717) is 11.7 Å². The summed E-state index contributed by atoms with van der Waals surface area (Å²) in [5, 5.41) is 18.2. The maximum absolute atomic E-state index is 11.7. The van der Waals surface area contributed by atoms with E-state index in [9.17, 15) is 10.1 Å². The first kappa shape index (κ1) is 17.8. The zero-order valence-electron chi connectivity index (χ0n) is 14.9. The van der Waals surface area contributed by atoms with E-state index in [1.807, 2.05) is 55.5 Å². The highest BCUT2D eigenvalue weighted by atomic mass is 32.1. The van der Waals surface area contributed by atoms with Gasteiger partial charge in [-0.1, -0.05) is 53.3 Å². The molecule has 4 aromatic rings. The number of aromatic nitrogens is 3. The molecule has 0 bridgehead atoms. The predicted octanol–water partition coefficient (Wildman–Crippen LogP) is 4.66. The minimum Gasteiger partial charge on any atom is -0.360 e. The molecular weight excluding hydrogens is 376 g/mol. The standard InChI is InChI=1S/C19H16N6O2S/c1-12-6-8-13(9-7-12)10-20-17-16(25(26)27)18(22-11-21-17)24-19-23-14-4-2-3-5-15(14)28-19/h2-9,11H,10H2,1H3,(H2,20,21,22,23,24). The summed E-state index contributed by atoms with van der Waals surface area (Å²) in [5.41, 5.74) is 2.76. The molecule has 8 nitrogen and oxygen atoms in total. The highest BCUT2D eigenvalue weighted by molar-refractivity contribution is 7.22. The quantitative estimate of drug-likeness (QED) is 0.363. The second-order valence-corrected chi connectivity index (χ2v) is 7.16. The van der Waals surface area contributed by atoms with Crippen molar-refractivity contribution in [2.45, 2.75) is 13.5 Å². The Hall–Kier alpha value is -3.59. The van der Waals surface area contributed by atoms with E-state index in [0.717, 1.165) is 21.3 Å². The van der Waals surface area contributed by atoms with Crippen LogP contribution in [0.15, 0.2) is 54.9 Å². The zero-order valence-corrected chi connectivity index (χ0v) is 15.7. The number of fused-ring (bicyclic) bond motifs is 1. The molecule has 4 rings (SSSR count). The fourth-order valence-corrected chi connectivity index (χ4v) is 3.56. The van der Waals surface area contributed by atoms with Crippen LogP contribution in [-0.2, 0) is 6.54 Å². The molecule has 2 aromatic heterocycles. The third-order valence-electron chi connectivity index (χ3n) is 4.10. The van der Waals surface area contributed by atoms with Gasteiger partial charge in [0, 0.05) is 6.54 Å². The molecule has 2 aromatic carbocycles. The molecule has 0 radical (unpaired) electrons. The van der Waals surface area contributed by atoms with Crippen molar-refractivity contribution in [3.63, 3.8) is 0 Å². The highest BCUT2D eigenvalue weighted by Crippen LogP contribution is 2.34. The third-order valence-corrected chi connectivity index (χ3v) is 5.06. The minimum absolute atomic E-state index is 0.102. The summed E-state index contributed by atoms with van der Waals surface area (Å²) >= 11 is 1.40. The van der Waals surface area contributed by atoms with Crippen LogP contribution in [0.2, 0.25) is 0 Å². The van der Waals surface area contributed by atoms with Gasteiger partial charge in [-0.05, 0) is 24.6 Å². The number of hydrogen-bond donors (Lipinski definition) is 2. The van der Waals surface area contributed by atoms with Gasteiger partial charge in [-0.2, -0.15) is 0 Å². The van der Waals surface area contributed by atoms with Crippen LogP contribution in [-0.4, -0.2) is 19.9 Å². The molecule has 0 atom stereocenters. The van der Waals surface area contributed by atoms with E-state index in [4.69, 9.17) is 0 Å². The van der Waals surface area contributed by atoms with Gasteiger partial charge in [0.25, 0.3) is 0 Å². The van der Waals surface area contributed by atoms with Crippen LogP contribution in [0.25, 0.3) is 10.2 Å². The smallest absolute Gasteiger partial charge is 0.353 e. The summed E-state index contributed by atoms with van der Waals surface area (Å²) in [6.45, 7) is 2.42. The van der Waals surface area contributed by atoms with Gasteiger partial charge >= 0.3 is 5.69 Å². The molecule has 140 valence electrons. The molecule has 0 unspecified atom stereocenters. The number of rotatable bonds is 6. The first-order valence-corrected chi connectivity index (χ1v) is 9.33. The fraction of sp³-hybridized carbons (Fsp3) is 0.105. The minimum atomic E-state index is -0.493. The number of benzene rings is 2. The second-order valence-electron chi connectivity index (χ2n) is 6.13. The lowest BCUT2D eigenvalue weighted by molar-refractivity contribution is -0.383. The number of thiazole rings is 1. The molecule has 2 heterocycles. The van der Waals surface area contributed by atoms with Crippen LogP contribution in [0.1, 0.15) is 11.1 Å². The van der Waals surface area contributed by atoms with Crippen LogP contribution in [0.4, 0.5) is 22.5 Å². The molecular formula is C19H16N6O2S. The van der Waals surface area contributed by atoms with Crippen LogP contribution in [0.5, 0.6) is 0 Å². The number of nitrogens with zero attached hydrogens (tertiary/aromatic N) is 4. The van der Waals surface area contributed by atoms with Crippen LogP contribution in [0.3, 0.4) is 0 Å². The fourth-order valence-electron chi connectivity index (χ4n) is 2.69. The average molecular weight is 392 g/mol.